The Labute approximate surface area is 137 Å². The van der Waals surface area contributed by atoms with Crippen molar-refractivity contribution in [3.05, 3.63) is 11.6 Å². The van der Waals surface area contributed by atoms with Crippen LogP contribution < -0.4 is 5.32 Å². The van der Waals surface area contributed by atoms with Crippen LogP contribution in [0.3, 0.4) is 0 Å². The summed E-state index contributed by atoms with van der Waals surface area (Å²) >= 11 is 0. The maximum atomic E-state index is 12.0. The lowest BCUT2D eigenvalue weighted by molar-refractivity contribution is -0.128. The van der Waals surface area contributed by atoms with E-state index >= 15 is 0 Å². The maximum absolute atomic E-state index is 12.0. The Hall–Kier alpha value is -1.43. The first-order valence-electron chi connectivity index (χ1n) is 9.13. The van der Waals surface area contributed by atoms with E-state index in [0.717, 1.165) is 24.5 Å². The molecule has 0 saturated heterocycles. The minimum atomic E-state index is -0.0473. The second kappa shape index (κ2) is 6.59. The molecule has 1 N–H and O–H groups in total. The zero-order chi connectivity index (χ0) is 15.6. The van der Waals surface area contributed by atoms with Crippen molar-refractivity contribution < 1.29 is 9.53 Å². The number of hydrogen-bond acceptors (Lipinski definition) is 4. The fourth-order valence-electron chi connectivity index (χ4n) is 3.46. The lowest BCUT2D eigenvalue weighted by atomic mass is 9.98. The topological polar surface area (TPSA) is 69.0 Å². The predicted molar refractivity (Wildman–Crippen MR) is 84.9 cm³/mol. The van der Waals surface area contributed by atoms with Crippen LogP contribution in [-0.4, -0.2) is 33.4 Å². The SMILES string of the molecule is O=C(COC1CCCCC1)NCc1nnc(C2CC2)n1C1CC1. The predicted octanol–water partition coefficient (Wildman–Crippen LogP) is 2.46. The first-order chi connectivity index (χ1) is 11.3. The third kappa shape index (κ3) is 3.74. The van der Waals surface area contributed by atoms with Crippen LogP contribution in [-0.2, 0) is 16.1 Å². The molecule has 0 spiro atoms. The Kier molecular flexibility index (Phi) is 4.33. The van der Waals surface area contributed by atoms with Gasteiger partial charge in [-0.15, -0.1) is 10.2 Å². The van der Waals surface area contributed by atoms with Gasteiger partial charge >= 0.3 is 0 Å². The average molecular weight is 318 g/mol. The highest BCUT2D eigenvalue weighted by molar-refractivity contribution is 5.77. The highest BCUT2D eigenvalue weighted by Gasteiger charge is 2.36. The van der Waals surface area contributed by atoms with Gasteiger partial charge in [0.1, 0.15) is 12.4 Å². The summed E-state index contributed by atoms with van der Waals surface area (Å²) in [5.74, 6) is 2.59. The van der Waals surface area contributed by atoms with E-state index in [1.54, 1.807) is 0 Å². The summed E-state index contributed by atoms with van der Waals surface area (Å²) in [6.07, 6.45) is 11.1. The Bertz CT molecular complexity index is 557. The van der Waals surface area contributed by atoms with Crippen LogP contribution >= 0.6 is 0 Å². The van der Waals surface area contributed by atoms with E-state index in [-0.39, 0.29) is 18.6 Å². The summed E-state index contributed by atoms with van der Waals surface area (Å²) in [6.45, 7) is 0.626. The van der Waals surface area contributed by atoms with Gasteiger partial charge in [0, 0.05) is 12.0 Å². The van der Waals surface area contributed by atoms with Gasteiger partial charge in [-0.1, -0.05) is 19.3 Å². The first-order valence-corrected chi connectivity index (χ1v) is 9.13. The number of hydrogen-bond donors (Lipinski definition) is 1. The average Bonchev–Trinajstić information content (AvgIpc) is 3.50. The van der Waals surface area contributed by atoms with Crippen molar-refractivity contribution >= 4 is 5.91 Å². The number of carbonyl (C=O) groups excluding carboxylic acids is 1. The van der Waals surface area contributed by atoms with Gasteiger partial charge in [0.05, 0.1) is 12.6 Å². The van der Waals surface area contributed by atoms with Crippen molar-refractivity contribution in [3.8, 4) is 0 Å². The zero-order valence-electron chi connectivity index (χ0n) is 13.7. The minimum absolute atomic E-state index is 0.0473. The molecule has 0 aliphatic heterocycles. The van der Waals surface area contributed by atoms with Crippen LogP contribution in [0.5, 0.6) is 0 Å². The second-order valence-electron chi connectivity index (χ2n) is 7.20. The molecule has 126 valence electrons. The van der Waals surface area contributed by atoms with Gasteiger partial charge in [0.15, 0.2) is 5.82 Å². The number of nitrogens with zero attached hydrogens (tertiary/aromatic N) is 3. The summed E-state index contributed by atoms with van der Waals surface area (Å²) in [5, 5.41) is 11.6. The molecule has 4 rings (SSSR count). The van der Waals surface area contributed by atoms with E-state index in [4.69, 9.17) is 4.74 Å². The van der Waals surface area contributed by atoms with E-state index in [1.165, 1.54) is 44.9 Å². The molecule has 23 heavy (non-hydrogen) atoms. The molecular weight excluding hydrogens is 292 g/mol. The Morgan fingerprint density at radius 2 is 1.87 bits per heavy atom. The zero-order valence-corrected chi connectivity index (χ0v) is 13.7. The number of rotatable bonds is 7. The monoisotopic (exact) mass is 318 g/mol. The van der Waals surface area contributed by atoms with E-state index in [2.05, 4.69) is 20.1 Å². The molecule has 1 aromatic rings. The second-order valence-corrected chi connectivity index (χ2v) is 7.20. The van der Waals surface area contributed by atoms with E-state index in [9.17, 15) is 4.79 Å². The molecule has 1 amide bonds. The van der Waals surface area contributed by atoms with Crippen LogP contribution in [0.25, 0.3) is 0 Å². The van der Waals surface area contributed by atoms with E-state index in [1.807, 2.05) is 0 Å². The first kappa shape index (κ1) is 15.1. The van der Waals surface area contributed by atoms with Gasteiger partial charge in [-0.3, -0.25) is 4.79 Å². The van der Waals surface area contributed by atoms with Crippen LogP contribution in [0.15, 0.2) is 0 Å². The van der Waals surface area contributed by atoms with Crippen LogP contribution in [0.2, 0.25) is 0 Å². The van der Waals surface area contributed by atoms with Crippen LogP contribution in [0.4, 0.5) is 0 Å². The van der Waals surface area contributed by atoms with Gasteiger partial charge < -0.3 is 14.6 Å². The Balaban J connectivity index is 1.28. The molecule has 6 heteroatoms. The number of carbonyl (C=O) groups is 1. The molecule has 0 radical (unpaired) electrons. The third-order valence-corrected chi connectivity index (χ3v) is 5.09. The fraction of sp³-hybridized carbons (Fsp3) is 0.824. The third-order valence-electron chi connectivity index (χ3n) is 5.09. The molecule has 6 nitrogen and oxygen atoms in total. The molecule has 1 heterocycles. The summed E-state index contributed by atoms with van der Waals surface area (Å²) in [5.41, 5.74) is 0. The van der Waals surface area contributed by atoms with Gasteiger partial charge in [-0.2, -0.15) is 0 Å². The standard InChI is InChI=1S/C17H26N4O2/c22-16(11-23-14-4-2-1-3-5-14)18-10-15-19-20-17(12-6-7-12)21(15)13-8-9-13/h12-14H,1-11H2,(H,18,22). The van der Waals surface area contributed by atoms with E-state index < -0.39 is 0 Å². The molecule has 3 aliphatic carbocycles. The minimum Gasteiger partial charge on any atom is -0.368 e. The molecular formula is C17H26N4O2. The quantitative estimate of drug-likeness (QED) is 0.838. The highest BCUT2D eigenvalue weighted by atomic mass is 16.5. The molecule has 0 atom stereocenters. The molecule has 1 aromatic heterocycles. The van der Waals surface area contributed by atoms with E-state index in [0.29, 0.717) is 18.5 Å². The van der Waals surface area contributed by atoms with Crippen molar-refractivity contribution in [2.24, 2.45) is 0 Å². The van der Waals surface area contributed by atoms with Crippen LogP contribution in [0.1, 0.15) is 81.4 Å². The molecule has 0 unspecified atom stereocenters. The molecule has 3 aliphatic rings. The highest BCUT2D eigenvalue weighted by Crippen LogP contribution is 2.44. The van der Waals surface area contributed by atoms with Crippen molar-refractivity contribution in [3.63, 3.8) is 0 Å². The molecule has 0 aromatic carbocycles. The Morgan fingerprint density at radius 1 is 1.09 bits per heavy atom. The molecule has 3 saturated carbocycles. The number of amides is 1. The molecule has 0 bridgehead atoms. The fourth-order valence-corrected chi connectivity index (χ4v) is 3.46. The van der Waals surface area contributed by atoms with Gasteiger partial charge in [0.25, 0.3) is 0 Å². The lowest BCUT2D eigenvalue weighted by Crippen LogP contribution is -2.31. The normalized spacial score (nSPS) is 22.3. The summed E-state index contributed by atoms with van der Waals surface area (Å²) in [6, 6.07) is 0.561. The van der Waals surface area contributed by atoms with Gasteiger partial charge in [-0.05, 0) is 38.5 Å². The van der Waals surface area contributed by atoms with Crippen LogP contribution in [0, 0.1) is 0 Å². The van der Waals surface area contributed by atoms with Crippen molar-refractivity contribution in [1.82, 2.24) is 20.1 Å². The Morgan fingerprint density at radius 3 is 2.57 bits per heavy atom. The number of nitrogens with one attached hydrogen (secondary N) is 1. The maximum Gasteiger partial charge on any atom is 0.246 e. The summed E-state index contributed by atoms with van der Waals surface area (Å²) in [7, 11) is 0. The van der Waals surface area contributed by atoms with Gasteiger partial charge in [-0.25, -0.2) is 0 Å². The smallest absolute Gasteiger partial charge is 0.246 e. The number of ether oxygens (including phenoxy) is 1. The summed E-state index contributed by atoms with van der Waals surface area (Å²) < 4.78 is 8.00. The number of aromatic nitrogens is 3. The van der Waals surface area contributed by atoms with Gasteiger partial charge in [0.2, 0.25) is 5.91 Å². The lowest BCUT2D eigenvalue weighted by Gasteiger charge is -2.21. The largest absolute Gasteiger partial charge is 0.368 e. The van der Waals surface area contributed by atoms with Crippen molar-refractivity contribution in [2.45, 2.75) is 82.4 Å². The van der Waals surface area contributed by atoms with Crippen molar-refractivity contribution in [2.75, 3.05) is 6.61 Å². The summed E-state index contributed by atoms with van der Waals surface area (Å²) in [4.78, 5) is 12.0. The molecule has 3 fully saturated rings. The van der Waals surface area contributed by atoms with Crippen molar-refractivity contribution in [1.29, 1.82) is 0 Å².